The normalized spacial score (nSPS) is 23.1. The average molecular weight is 464 g/mol. The minimum atomic E-state index is -0.118. The van der Waals surface area contributed by atoms with Crippen molar-refractivity contribution in [3.05, 3.63) is 46.5 Å². The van der Waals surface area contributed by atoms with Gasteiger partial charge in [0.2, 0.25) is 0 Å². The Hall–Kier alpha value is -2.40. The summed E-state index contributed by atoms with van der Waals surface area (Å²) in [6.07, 6.45) is 5.05. The first kappa shape index (κ1) is 23.3. The number of fused-ring (bicyclic) bond motifs is 1. The highest BCUT2D eigenvalue weighted by atomic mass is 16.5. The maximum atomic E-state index is 6.75. The van der Waals surface area contributed by atoms with Crippen LogP contribution in [0, 0.1) is 20.8 Å². The molecule has 2 aromatic rings. The van der Waals surface area contributed by atoms with Crippen molar-refractivity contribution < 1.29 is 9.47 Å². The SMILES string of the molecule is COc1ccc(N2CCN(c3c(C)c(C)c4c(c3C)CC(C)(CN3CCCCC3)O4)CC2)cc1. The predicted molar refractivity (Wildman–Crippen MR) is 141 cm³/mol. The van der Waals surface area contributed by atoms with E-state index in [0.717, 1.165) is 50.6 Å². The molecule has 5 rings (SSSR count). The fraction of sp³-hybridized carbons (Fsp3) is 0.586. The Bertz CT molecular complexity index is 1020. The second-order valence-electron chi connectivity index (χ2n) is 10.8. The summed E-state index contributed by atoms with van der Waals surface area (Å²) in [6.45, 7) is 16.8. The number of anilines is 2. The monoisotopic (exact) mass is 463 g/mol. The topological polar surface area (TPSA) is 28.2 Å². The van der Waals surface area contributed by atoms with E-state index < -0.39 is 0 Å². The van der Waals surface area contributed by atoms with Crippen molar-refractivity contribution in [2.24, 2.45) is 0 Å². The number of piperidine rings is 1. The van der Waals surface area contributed by atoms with Gasteiger partial charge in [-0.3, -0.25) is 4.90 Å². The van der Waals surface area contributed by atoms with Crippen LogP contribution in [0.4, 0.5) is 11.4 Å². The molecule has 1 atom stereocenters. The quantitative estimate of drug-likeness (QED) is 0.613. The molecule has 3 heterocycles. The summed E-state index contributed by atoms with van der Waals surface area (Å²) >= 11 is 0. The smallest absolute Gasteiger partial charge is 0.127 e. The lowest BCUT2D eigenvalue weighted by Crippen LogP contribution is -2.47. The molecule has 0 radical (unpaired) electrons. The summed E-state index contributed by atoms with van der Waals surface area (Å²) in [5, 5.41) is 0. The van der Waals surface area contributed by atoms with Gasteiger partial charge < -0.3 is 19.3 Å². The van der Waals surface area contributed by atoms with Crippen LogP contribution in [0.2, 0.25) is 0 Å². The van der Waals surface area contributed by atoms with E-state index in [4.69, 9.17) is 9.47 Å². The minimum Gasteiger partial charge on any atom is -0.497 e. The van der Waals surface area contributed by atoms with Crippen LogP contribution in [0.15, 0.2) is 24.3 Å². The average Bonchev–Trinajstić information content (AvgIpc) is 3.21. The Labute approximate surface area is 205 Å². The van der Waals surface area contributed by atoms with Crippen molar-refractivity contribution in [1.82, 2.24) is 4.90 Å². The van der Waals surface area contributed by atoms with Gasteiger partial charge in [-0.15, -0.1) is 0 Å². The molecule has 2 aromatic carbocycles. The Kier molecular flexibility index (Phi) is 6.41. The molecular weight excluding hydrogens is 422 g/mol. The molecule has 0 spiro atoms. The maximum absolute atomic E-state index is 6.75. The van der Waals surface area contributed by atoms with Crippen molar-refractivity contribution >= 4 is 11.4 Å². The summed E-state index contributed by atoms with van der Waals surface area (Å²) in [7, 11) is 1.72. The lowest BCUT2D eigenvalue weighted by Gasteiger charge is -2.39. The molecular formula is C29H41N3O2. The van der Waals surface area contributed by atoms with Crippen LogP contribution in [0.5, 0.6) is 11.5 Å². The number of nitrogens with zero attached hydrogens (tertiary/aromatic N) is 3. The molecule has 3 aliphatic heterocycles. The molecule has 0 bridgehead atoms. The fourth-order valence-electron chi connectivity index (χ4n) is 6.31. The molecule has 184 valence electrons. The molecule has 34 heavy (non-hydrogen) atoms. The highest BCUT2D eigenvalue weighted by Gasteiger charge is 2.40. The number of piperazine rings is 1. The Morgan fingerprint density at radius 3 is 2.12 bits per heavy atom. The molecule has 0 aliphatic carbocycles. The van der Waals surface area contributed by atoms with Gasteiger partial charge in [-0.05, 0) is 94.6 Å². The van der Waals surface area contributed by atoms with Gasteiger partial charge in [-0.2, -0.15) is 0 Å². The Balaban J connectivity index is 1.33. The number of likely N-dealkylation sites (tertiary alicyclic amines) is 1. The molecule has 5 heteroatoms. The lowest BCUT2D eigenvalue weighted by molar-refractivity contribution is 0.0549. The Morgan fingerprint density at radius 2 is 1.47 bits per heavy atom. The second-order valence-corrected chi connectivity index (χ2v) is 10.8. The first-order chi connectivity index (χ1) is 16.4. The van der Waals surface area contributed by atoms with Crippen LogP contribution in [0.25, 0.3) is 0 Å². The zero-order valence-corrected chi connectivity index (χ0v) is 21.7. The first-order valence-corrected chi connectivity index (χ1v) is 13.1. The molecule has 0 N–H and O–H groups in total. The van der Waals surface area contributed by atoms with Crippen LogP contribution >= 0.6 is 0 Å². The fourth-order valence-corrected chi connectivity index (χ4v) is 6.31. The number of benzene rings is 2. The largest absolute Gasteiger partial charge is 0.497 e. The summed E-state index contributed by atoms with van der Waals surface area (Å²) < 4.78 is 12.1. The number of rotatable bonds is 5. The third kappa shape index (κ3) is 4.35. The summed E-state index contributed by atoms with van der Waals surface area (Å²) in [5.74, 6) is 2.08. The first-order valence-electron chi connectivity index (χ1n) is 13.1. The molecule has 1 unspecified atom stereocenters. The van der Waals surface area contributed by atoms with Gasteiger partial charge >= 0.3 is 0 Å². The van der Waals surface area contributed by atoms with Gasteiger partial charge in [0.1, 0.15) is 17.1 Å². The molecule has 3 aliphatic rings. The van der Waals surface area contributed by atoms with Crippen molar-refractivity contribution in [2.45, 2.75) is 59.0 Å². The second kappa shape index (κ2) is 9.33. The van der Waals surface area contributed by atoms with Gasteiger partial charge in [0, 0.05) is 56.1 Å². The van der Waals surface area contributed by atoms with E-state index in [1.54, 1.807) is 7.11 Å². The highest BCUT2D eigenvalue weighted by Crippen LogP contribution is 2.46. The van der Waals surface area contributed by atoms with E-state index in [2.05, 4.69) is 66.7 Å². The number of ether oxygens (including phenoxy) is 2. The lowest BCUT2D eigenvalue weighted by atomic mass is 9.90. The van der Waals surface area contributed by atoms with Crippen LogP contribution in [-0.4, -0.2) is 63.4 Å². The van der Waals surface area contributed by atoms with Crippen LogP contribution in [0.1, 0.15) is 48.4 Å². The summed E-state index contributed by atoms with van der Waals surface area (Å²) in [5.41, 5.74) is 8.19. The number of hydrogen-bond acceptors (Lipinski definition) is 5. The van der Waals surface area contributed by atoms with E-state index in [9.17, 15) is 0 Å². The van der Waals surface area contributed by atoms with Crippen LogP contribution in [-0.2, 0) is 6.42 Å². The summed E-state index contributed by atoms with van der Waals surface area (Å²) in [6, 6.07) is 8.46. The van der Waals surface area contributed by atoms with E-state index in [0.29, 0.717) is 0 Å². The van der Waals surface area contributed by atoms with Gasteiger partial charge in [0.25, 0.3) is 0 Å². The molecule has 0 saturated carbocycles. The zero-order valence-electron chi connectivity index (χ0n) is 21.7. The van der Waals surface area contributed by atoms with Crippen molar-refractivity contribution in [3.63, 3.8) is 0 Å². The van der Waals surface area contributed by atoms with Gasteiger partial charge in [0.15, 0.2) is 0 Å². The third-order valence-electron chi connectivity index (χ3n) is 8.28. The highest BCUT2D eigenvalue weighted by molar-refractivity contribution is 5.70. The van der Waals surface area contributed by atoms with Crippen LogP contribution in [0.3, 0.4) is 0 Å². The standard InChI is InChI=1S/C29H41N3O2/c1-21-22(2)28-26(19-29(4,34-28)20-30-13-7-6-8-14-30)23(3)27(21)32-17-15-31(16-18-32)24-9-11-25(33-5)12-10-24/h9-12H,6-8,13-20H2,1-5H3. The van der Waals surface area contributed by atoms with Crippen LogP contribution < -0.4 is 19.3 Å². The molecule has 2 saturated heterocycles. The molecule has 0 amide bonds. The number of hydrogen-bond donors (Lipinski definition) is 0. The molecule has 5 nitrogen and oxygen atoms in total. The van der Waals surface area contributed by atoms with Gasteiger partial charge in [0.05, 0.1) is 7.11 Å². The zero-order chi connectivity index (χ0) is 23.9. The summed E-state index contributed by atoms with van der Waals surface area (Å²) in [4.78, 5) is 7.71. The van der Waals surface area contributed by atoms with E-state index in [1.165, 1.54) is 66.0 Å². The van der Waals surface area contributed by atoms with E-state index in [1.807, 2.05) is 0 Å². The van der Waals surface area contributed by atoms with Crippen molar-refractivity contribution in [1.29, 1.82) is 0 Å². The van der Waals surface area contributed by atoms with Crippen molar-refractivity contribution in [2.75, 3.05) is 62.7 Å². The van der Waals surface area contributed by atoms with E-state index in [-0.39, 0.29) is 5.60 Å². The van der Waals surface area contributed by atoms with Crippen molar-refractivity contribution in [3.8, 4) is 11.5 Å². The number of methoxy groups -OCH3 is 1. The molecule has 2 fully saturated rings. The molecule has 0 aromatic heterocycles. The minimum absolute atomic E-state index is 0.118. The van der Waals surface area contributed by atoms with E-state index >= 15 is 0 Å². The predicted octanol–water partition coefficient (Wildman–Crippen LogP) is 5.13. The maximum Gasteiger partial charge on any atom is 0.127 e. The third-order valence-corrected chi connectivity index (χ3v) is 8.28. The van der Waals surface area contributed by atoms with Gasteiger partial charge in [-0.25, -0.2) is 0 Å². The van der Waals surface area contributed by atoms with Gasteiger partial charge in [-0.1, -0.05) is 6.42 Å². The Morgan fingerprint density at radius 1 is 0.824 bits per heavy atom.